The highest BCUT2D eigenvalue weighted by atomic mass is 35.5. The molecule has 1 aliphatic rings. The number of carbonyl (C=O) groups excluding carboxylic acids is 1. The van der Waals surface area contributed by atoms with Gasteiger partial charge in [0.1, 0.15) is 0 Å². The molecule has 2 rings (SSSR count). The molecule has 0 saturated carbocycles. The van der Waals surface area contributed by atoms with Crippen molar-refractivity contribution in [2.45, 2.75) is 23.8 Å². The summed E-state index contributed by atoms with van der Waals surface area (Å²) >= 11 is 0. The largest absolute Gasteiger partial charge is 0.465 e. The van der Waals surface area contributed by atoms with Crippen LogP contribution in [0.15, 0.2) is 29.2 Å². The third-order valence-corrected chi connectivity index (χ3v) is 5.44. The lowest BCUT2D eigenvalue weighted by Gasteiger charge is -2.22. The number of sulfonamides is 1. The van der Waals surface area contributed by atoms with Crippen molar-refractivity contribution in [1.29, 1.82) is 0 Å². The molecule has 0 spiro atoms. The van der Waals surface area contributed by atoms with Gasteiger partial charge in [0.2, 0.25) is 10.0 Å². The van der Waals surface area contributed by atoms with E-state index in [0.29, 0.717) is 18.7 Å². The molecule has 0 bridgehead atoms. The number of carbonyl (C=O) groups is 1. The summed E-state index contributed by atoms with van der Waals surface area (Å²) in [6.07, 6.45) is 1.61. The van der Waals surface area contributed by atoms with Crippen LogP contribution in [0.5, 0.6) is 0 Å². The Morgan fingerprint density at radius 2 is 2.00 bits per heavy atom. The van der Waals surface area contributed by atoms with Crippen LogP contribution in [0, 0.1) is 0 Å². The Kier molecular flexibility index (Phi) is 6.15. The van der Waals surface area contributed by atoms with Crippen molar-refractivity contribution < 1.29 is 17.9 Å². The SMILES string of the molecule is COC(=O)c1ccc(S(=O)(=O)N2CCCC2CN)cc1.Cl. The van der Waals surface area contributed by atoms with Crippen LogP contribution in [0.3, 0.4) is 0 Å². The molecule has 1 heterocycles. The van der Waals surface area contributed by atoms with Gasteiger partial charge in [-0.1, -0.05) is 0 Å². The summed E-state index contributed by atoms with van der Waals surface area (Å²) in [4.78, 5) is 11.5. The van der Waals surface area contributed by atoms with Gasteiger partial charge in [0, 0.05) is 19.1 Å². The summed E-state index contributed by atoms with van der Waals surface area (Å²) in [5.74, 6) is -0.491. The highest BCUT2D eigenvalue weighted by Gasteiger charge is 2.34. The minimum atomic E-state index is -3.55. The van der Waals surface area contributed by atoms with E-state index >= 15 is 0 Å². The van der Waals surface area contributed by atoms with Gasteiger partial charge in [-0.15, -0.1) is 12.4 Å². The minimum absolute atomic E-state index is 0. The van der Waals surface area contributed by atoms with Gasteiger partial charge in [-0.25, -0.2) is 13.2 Å². The fraction of sp³-hybridized carbons (Fsp3) is 0.462. The lowest BCUT2D eigenvalue weighted by Crippen LogP contribution is -2.39. The Bertz CT molecular complexity index is 589. The molecule has 2 N–H and O–H groups in total. The van der Waals surface area contributed by atoms with E-state index in [4.69, 9.17) is 5.73 Å². The molecule has 21 heavy (non-hydrogen) atoms. The molecule has 1 atom stereocenters. The summed E-state index contributed by atoms with van der Waals surface area (Å²) in [6, 6.07) is 5.61. The van der Waals surface area contributed by atoms with Gasteiger partial charge in [-0.05, 0) is 37.1 Å². The second kappa shape index (κ2) is 7.22. The molecule has 1 aromatic carbocycles. The van der Waals surface area contributed by atoms with Crippen molar-refractivity contribution in [3.8, 4) is 0 Å². The first-order valence-electron chi connectivity index (χ1n) is 6.41. The lowest BCUT2D eigenvalue weighted by molar-refractivity contribution is 0.0600. The van der Waals surface area contributed by atoms with Crippen molar-refractivity contribution in [3.05, 3.63) is 29.8 Å². The minimum Gasteiger partial charge on any atom is -0.465 e. The van der Waals surface area contributed by atoms with Crippen LogP contribution in [-0.2, 0) is 14.8 Å². The van der Waals surface area contributed by atoms with E-state index in [9.17, 15) is 13.2 Å². The molecule has 0 radical (unpaired) electrons. The fourth-order valence-corrected chi connectivity index (χ4v) is 4.08. The molecule has 8 heteroatoms. The Hall–Kier alpha value is -1.15. The first kappa shape index (κ1) is 17.9. The number of hydrogen-bond donors (Lipinski definition) is 1. The zero-order valence-electron chi connectivity index (χ0n) is 11.7. The molecule has 0 aromatic heterocycles. The van der Waals surface area contributed by atoms with Crippen LogP contribution < -0.4 is 5.73 Å². The van der Waals surface area contributed by atoms with Crippen molar-refractivity contribution in [3.63, 3.8) is 0 Å². The van der Waals surface area contributed by atoms with Gasteiger partial charge >= 0.3 is 5.97 Å². The summed E-state index contributed by atoms with van der Waals surface area (Å²) < 4.78 is 31.0. The fourth-order valence-electron chi connectivity index (χ4n) is 2.38. The summed E-state index contributed by atoms with van der Waals surface area (Å²) in [5, 5.41) is 0. The maximum absolute atomic E-state index is 12.5. The van der Waals surface area contributed by atoms with E-state index in [0.717, 1.165) is 12.8 Å². The third kappa shape index (κ3) is 3.55. The van der Waals surface area contributed by atoms with E-state index in [1.165, 1.54) is 35.7 Å². The van der Waals surface area contributed by atoms with E-state index in [1.54, 1.807) is 0 Å². The van der Waals surface area contributed by atoms with Crippen molar-refractivity contribution in [2.75, 3.05) is 20.2 Å². The number of esters is 1. The number of halogens is 1. The Morgan fingerprint density at radius 3 is 2.52 bits per heavy atom. The summed E-state index contributed by atoms with van der Waals surface area (Å²) in [6.45, 7) is 0.808. The zero-order chi connectivity index (χ0) is 14.8. The van der Waals surface area contributed by atoms with Gasteiger partial charge in [0.15, 0.2) is 0 Å². The van der Waals surface area contributed by atoms with Crippen molar-refractivity contribution in [1.82, 2.24) is 4.31 Å². The Morgan fingerprint density at radius 1 is 1.38 bits per heavy atom. The molecule has 6 nitrogen and oxygen atoms in total. The van der Waals surface area contributed by atoms with Gasteiger partial charge < -0.3 is 10.5 Å². The number of hydrogen-bond acceptors (Lipinski definition) is 5. The molecular weight excluding hydrogens is 316 g/mol. The van der Waals surface area contributed by atoms with Crippen LogP contribution in [-0.4, -0.2) is 44.9 Å². The highest BCUT2D eigenvalue weighted by Crippen LogP contribution is 2.25. The number of nitrogens with zero attached hydrogens (tertiary/aromatic N) is 1. The smallest absolute Gasteiger partial charge is 0.337 e. The van der Waals surface area contributed by atoms with E-state index in [2.05, 4.69) is 4.74 Å². The van der Waals surface area contributed by atoms with Crippen LogP contribution in [0.1, 0.15) is 23.2 Å². The van der Waals surface area contributed by atoms with Crippen LogP contribution in [0.4, 0.5) is 0 Å². The molecule has 0 amide bonds. The number of methoxy groups -OCH3 is 1. The monoisotopic (exact) mass is 334 g/mol. The summed E-state index contributed by atoms with van der Waals surface area (Å²) in [7, 11) is -2.27. The van der Waals surface area contributed by atoms with E-state index in [-0.39, 0.29) is 23.3 Å². The highest BCUT2D eigenvalue weighted by molar-refractivity contribution is 7.89. The summed E-state index contributed by atoms with van der Waals surface area (Å²) in [5.41, 5.74) is 5.94. The first-order valence-corrected chi connectivity index (χ1v) is 7.85. The lowest BCUT2D eigenvalue weighted by atomic mass is 10.2. The van der Waals surface area contributed by atoms with E-state index < -0.39 is 16.0 Å². The number of ether oxygens (including phenoxy) is 1. The van der Waals surface area contributed by atoms with Gasteiger partial charge in [-0.3, -0.25) is 0 Å². The Balaban J connectivity index is 0.00000220. The standard InChI is InChI=1S/C13H18N2O4S.ClH/c1-19-13(16)10-4-6-12(7-5-10)20(17,18)15-8-2-3-11(15)9-14;/h4-7,11H,2-3,8-9,14H2,1H3;1H. The number of nitrogens with two attached hydrogens (primary N) is 1. The predicted molar refractivity (Wildman–Crippen MR) is 81.0 cm³/mol. The van der Waals surface area contributed by atoms with Gasteiger partial charge in [0.25, 0.3) is 0 Å². The van der Waals surface area contributed by atoms with Crippen LogP contribution >= 0.6 is 12.4 Å². The normalized spacial score (nSPS) is 19.0. The average molecular weight is 335 g/mol. The number of rotatable bonds is 4. The zero-order valence-corrected chi connectivity index (χ0v) is 13.3. The molecular formula is C13H19ClN2O4S. The van der Waals surface area contributed by atoms with Crippen LogP contribution in [0.2, 0.25) is 0 Å². The second-order valence-corrected chi connectivity index (χ2v) is 6.55. The van der Waals surface area contributed by atoms with Crippen LogP contribution in [0.25, 0.3) is 0 Å². The van der Waals surface area contributed by atoms with Crippen molar-refractivity contribution in [2.24, 2.45) is 5.73 Å². The average Bonchev–Trinajstić information content (AvgIpc) is 2.95. The maximum Gasteiger partial charge on any atom is 0.337 e. The first-order chi connectivity index (χ1) is 9.50. The molecule has 1 fully saturated rings. The van der Waals surface area contributed by atoms with Crippen molar-refractivity contribution >= 4 is 28.4 Å². The number of benzene rings is 1. The molecule has 118 valence electrons. The predicted octanol–water partition coefficient (Wildman–Crippen LogP) is 1.01. The quantitative estimate of drug-likeness (QED) is 0.830. The molecule has 1 aromatic rings. The van der Waals surface area contributed by atoms with Gasteiger partial charge in [0.05, 0.1) is 17.6 Å². The second-order valence-electron chi connectivity index (χ2n) is 4.66. The molecule has 1 aliphatic heterocycles. The molecule has 1 saturated heterocycles. The van der Waals surface area contributed by atoms with E-state index in [1.807, 2.05) is 0 Å². The maximum atomic E-state index is 12.5. The third-order valence-electron chi connectivity index (χ3n) is 3.48. The molecule has 0 aliphatic carbocycles. The molecule has 1 unspecified atom stereocenters. The van der Waals surface area contributed by atoms with Gasteiger partial charge in [-0.2, -0.15) is 4.31 Å². The topological polar surface area (TPSA) is 89.7 Å². The Labute approximate surface area is 130 Å².